The van der Waals surface area contributed by atoms with Gasteiger partial charge in [-0.25, -0.2) is 0 Å². The highest BCUT2D eigenvalue weighted by Crippen LogP contribution is 2.50. The van der Waals surface area contributed by atoms with Crippen molar-refractivity contribution in [2.24, 2.45) is 0 Å². The summed E-state index contributed by atoms with van der Waals surface area (Å²) in [6.45, 7) is 0. The smallest absolute Gasteiger partial charge is 0.135 e. The number of ether oxygens (including phenoxy) is 1. The Morgan fingerprint density at radius 2 is 0.650 bits per heavy atom. The molecule has 10 aromatic rings. The van der Waals surface area contributed by atoms with Crippen molar-refractivity contribution < 1.29 is 4.74 Å². The first kappa shape index (κ1) is 35.2. The van der Waals surface area contributed by atoms with E-state index >= 15 is 0 Å². The lowest BCUT2D eigenvalue weighted by Gasteiger charge is -2.27. The van der Waals surface area contributed by atoms with Crippen molar-refractivity contribution in [2.45, 2.75) is 0 Å². The summed E-state index contributed by atoms with van der Waals surface area (Å²) in [6.07, 6.45) is 0. The summed E-state index contributed by atoms with van der Waals surface area (Å²) >= 11 is 0. The fraction of sp³-hybridized carbons (Fsp3) is 0. The summed E-state index contributed by atoms with van der Waals surface area (Å²) in [5.41, 5.74) is 17.1. The van der Waals surface area contributed by atoms with E-state index in [-0.39, 0.29) is 0 Å². The first-order valence-electron chi connectivity index (χ1n) is 20.5. The van der Waals surface area contributed by atoms with Gasteiger partial charge in [-0.05, 0) is 121 Å². The number of rotatable bonds is 7. The molecule has 0 saturated carbocycles. The Kier molecular flexibility index (Phi) is 8.87. The first-order chi connectivity index (χ1) is 29.7. The quantitative estimate of drug-likeness (QED) is 0.160. The van der Waals surface area contributed by atoms with Crippen molar-refractivity contribution in [3.8, 4) is 78.3 Å². The molecule has 0 fully saturated rings. The molecule has 0 saturated heterocycles. The molecule has 0 aromatic heterocycles. The summed E-state index contributed by atoms with van der Waals surface area (Å²) in [7, 11) is 0. The second kappa shape index (κ2) is 15.1. The Labute approximate surface area is 350 Å². The summed E-state index contributed by atoms with van der Waals surface area (Å²) in [5.74, 6) is 1.68. The van der Waals surface area contributed by atoms with E-state index in [1.165, 1.54) is 49.7 Å². The van der Waals surface area contributed by atoms with Crippen LogP contribution in [-0.4, -0.2) is 0 Å². The van der Waals surface area contributed by atoms with E-state index in [2.05, 4.69) is 241 Å². The van der Waals surface area contributed by atoms with Crippen LogP contribution in [0.2, 0.25) is 0 Å². The summed E-state index contributed by atoms with van der Waals surface area (Å²) in [4.78, 5) is 2.34. The van der Waals surface area contributed by atoms with Crippen molar-refractivity contribution >= 4 is 27.8 Å². The Hall–Kier alpha value is -7.94. The van der Waals surface area contributed by atoms with Gasteiger partial charge in [0.05, 0.1) is 0 Å². The van der Waals surface area contributed by atoms with Gasteiger partial charge in [0.25, 0.3) is 0 Å². The van der Waals surface area contributed by atoms with Gasteiger partial charge in [-0.3, -0.25) is 0 Å². The van der Waals surface area contributed by atoms with E-state index in [9.17, 15) is 0 Å². The van der Waals surface area contributed by atoms with Crippen LogP contribution in [-0.2, 0) is 0 Å². The molecule has 0 spiro atoms. The number of nitrogens with zero attached hydrogens (tertiary/aromatic N) is 1. The molecule has 1 heterocycles. The number of hydrogen-bond acceptors (Lipinski definition) is 2. The lowest BCUT2D eigenvalue weighted by atomic mass is 9.91. The molecule has 0 aliphatic carbocycles. The maximum Gasteiger partial charge on any atom is 0.135 e. The monoisotopic (exact) mass is 765 g/mol. The van der Waals surface area contributed by atoms with Gasteiger partial charge in [0.1, 0.15) is 11.5 Å². The first-order valence-corrected chi connectivity index (χ1v) is 20.5. The van der Waals surface area contributed by atoms with Gasteiger partial charge in [-0.2, -0.15) is 0 Å². The Balaban J connectivity index is 0.997. The lowest BCUT2D eigenvalue weighted by molar-refractivity contribution is 0.488. The zero-order chi connectivity index (χ0) is 39.8. The van der Waals surface area contributed by atoms with E-state index < -0.39 is 0 Å². The summed E-state index contributed by atoms with van der Waals surface area (Å²) < 4.78 is 6.86. The fourth-order valence-electron chi connectivity index (χ4n) is 8.67. The summed E-state index contributed by atoms with van der Waals surface area (Å²) in [6, 6.07) is 84.7. The van der Waals surface area contributed by atoms with Gasteiger partial charge in [0, 0.05) is 28.2 Å². The molecule has 282 valence electrons. The molecule has 0 bridgehead atoms. The molecule has 0 N–H and O–H groups in total. The Bertz CT molecular complexity index is 3130. The fourth-order valence-corrected chi connectivity index (χ4v) is 8.67. The van der Waals surface area contributed by atoms with Crippen molar-refractivity contribution in [3.05, 3.63) is 237 Å². The average Bonchev–Trinajstić information content (AvgIpc) is 3.46. The van der Waals surface area contributed by atoms with Crippen LogP contribution >= 0.6 is 0 Å². The number of anilines is 3. The lowest BCUT2D eigenvalue weighted by Crippen LogP contribution is -2.10. The van der Waals surface area contributed by atoms with Gasteiger partial charge < -0.3 is 9.64 Å². The third-order valence-electron chi connectivity index (χ3n) is 11.7. The average molecular weight is 766 g/mol. The second-order valence-electron chi connectivity index (χ2n) is 15.3. The van der Waals surface area contributed by atoms with Crippen LogP contribution in [0.15, 0.2) is 237 Å². The molecule has 0 unspecified atom stereocenters. The van der Waals surface area contributed by atoms with Gasteiger partial charge in [-0.1, -0.05) is 182 Å². The van der Waals surface area contributed by atoms with Gasteiger partial charge in [0.2, 0.25) is 0 Å². The minimum Gasteiger partial charge on any atom is -0.456 e. The highest BCUT2D eigenvalue weighted by Gasteiger charge is 2.24. The molecular weight excluding hydrogens is 727 g/mol. The number of hydrogen-bond donors (Lipinski definition) is 0. The molecular formula is C58H39NO. The predicted molar refractivity (Wildman–Crippen MR) is 251 cm³/mol. The third-order valence-corrected chi connectivity index (χ3v) is 11.7. The molecule has 0 atom stereocenters. The largest absolute Gasteiger partial charge is 0.456 e. The van der Waals surface area contributed by atoms with Crippen molar-refractivity contribution in [1.29, 1.82) is 0 Å². The normalized spacial score (nSPS) is 11.5. The van der Waals surface area contributed by atoms with Crippen LogP contribution in [0, 0.1) is 0 Å². The predicted octanol–water partition coefficient (Wildman–Crippen LogP) is 16.4. The summed E-state index contributed by atoms with van der Waals surface area (Å²) in [5, 5.41) is 2.47. The SMILES string of the molecule is c1ccc(-c2ccc(-c3ccc(N(c4ccc(-c5ccccc5)cc4)c4ccc5c(c4)-c4ccccc4-c4cc(-c6cccc7ccccc67)ccc4O5)cc3)cc2)cc1. The number of benzene rings is 10. The molecule has 2 heteroatoms. The van der Waals surface area contributed by atoms with E-state index in [4.69, 9.17) is 4.74 Å². The topological polar surface area (TPSA) is 12.5 Å². The Morgan fingerprint density at radius 1 is 0.250 bits per heavy atom. The van der Waals surface area contributed by atoms with Crippen LogP contribution in [0.5, 0.6) is 11.5 Å². The molecule has 0 radical (unpaired) electrons. The minimum atomic E-state index is 0.830. The maximum absolute atomic E-state index is 6.86. The zero-order valence-corrected chi connectivity index (χ0v) is 32.9. The molecule has 1 aliphatic heterocycles. The number of fused-ring (bicyclic) bond motifs is 6. The second-order valence-corrected chi connectivity index (χ2v) is 15.3. The van der Waals surface area contributed by atoms with Crippen molar-refractivity contribution in [2.75, 3.05) is 4.90 Å². The zero-order valence-electron chi connectivity index (χ0n) is 32.9. The van der Waals surface area contributed by atoms with Crippen LogP contribution in [0.3, 0.4) is 0 Å². The van der Waals surface area contributed by atoms with E-state index in [0.29, 0.717) is 0 Å². The maximum atomic E-state index is 6.86. The van der Waals surface area contributed by atoms with Crippen LogP contribution in [0.1, 0.15) is 0 Å². The third kappa shape index (κ3) is 6.51. The van der Waals surface area contributed by atoms with Gasteiger partial charge in [0.15, 0.2) is 0 Å². The van der Waals surface area contributed by atoms with E-state index in [0.717, 1.165) is 56.4 Å². The van der Waals surface area contributed by atoms with Crippen LogP contribution in [0.25, 0.3) is 77.5 Å². The van der Waals surface area contributed by atoms with Crippen LogP contribution < -0.4 is 9.64 Å². The molecule has 2 nitrogen and oxygen atoms in total. The standard InChI is InChI=1S/C58H39NO/c1-3-12-40(13-4-1)42-22-24-43(25-23-42)45-28-33-49(34-29-45)59(48-31-26-44(27-32-48)41-14-5-2-6-15-41)50-35-37-58-56(39-50)54-20-10-9-19-53(54)55-38-47(30-36-57(55)60-58)52-21-11-17-46-16-7-8-18-51(46)52/h1-39H. The van der Waals surface area contributed by atoms with Crippen molar-refractivity contribution in [3.63, 3.8) is 0 Å². The molecule has 1 aliphatic rings. The van der Waals surface area contributed by atoms with E-state index in [1.54, 1.807) is 0 Å². The molecule has 60 heavy (non-hydrogen) atoms. The molecule has 0 amide bonds. The van der Waals surface area contributed by atoms with E-state index in [1.807, 2.05) is 0 Å². The van der Waals surface area contributed by atoms with Crippen molar-refractivity contribution in [1.82, 2.24) is 0 Å². The Morgan fingerprint density at radius 3 is 1.23 bits per heavy atom. The highest BCUT2D eigenvalue weighted by molar-refractivity contribution is 5.99. The molecule has 11 rings (SSSR count). The van der Waals surface area contributed by atoms with Crippen LogP contribution in [0.4, 0.5) is 17.1 Å². The molecule has 10 aromatic carbocycles. The van der Waals surface area contributed by atoms with Gasteiger partial charge in [-0.15, -0.1) is 0 Å². The minimum absolute atomic E-state index is 0.830. The highest BCUT2D eigenvalue weighted by atomic mass is 16.5. The van der Waals surface area contributed by atoms with Gasteiger partial charge >= 0.3 is 0 Å².